The number of nitrogens with zero attached hydrogens (tertiary/aromatic N) is 2. The summed E-state index contributed by atoms with van der Waals surface area (Å²) in [7, 11) is 0. The number of halogens is 4. The second kappa shape index (κ2) is 12.0. The van der Waals surface area contributed by atoms with E-state index in [2.05, 4.69) is 53.6 Å². The molecule has 2 amide bonds. The SMILES string of the molecule is CC(=O)N[C@@H](I)c1cc(C)c(Cl)cc1C1CCN(C(=O)[C@@H]2CN(C(C)(C)C)C[C@H]2c2ccc(F)cc2F)CC1. The van der Waals surface area contributed by atoms with Crippen LogP contribution in [0.15, 0.2) is 30.3 Å². The molecular formula is C30H37ClF2IN3O2. The van der Waals surface area contributed by atoms with Gasteiger partial charge in [-0.1, -0.05) is 46.3 Å². The summed E-state index contributed by atoms with van der Waals surface area (Å²) in [5.74, 6) is -1.81. The van der Waals surface area contributed by atoms with Crippen molar-refractivity contribution in [2.24, 2.45) is 5.92 Å². The number of amides is 2. The molecule has 1 N–H and O–H groups in total. The van der Waals surface area contributed by atoms with Crippen molar-refractivity contribution in [1.82, 2.24) is 15.1 Å². The zero-order valence-corrected chi connectivity index (χ0v) is 26.1. The van der Waals surface area contributed by atoms with Crippen LogP contribution in [-0.2, 0) is 9.59 Å². The highest BCUT2D eigenvalue weighted by atomic mass is 127. The van der Waals surface area contributed by atoms with Gasteiger partial charge in [-0.2, -0.15) is 0 Å². The number of nitrogens with one attached hydrogen (secondary N) is 1. The van der Waals surface area contributed by atoms with Gasteiger partial charge in [-0.3, -0.25) is 14.5 Å². The molecule has 0 aliphatic carbocycles. The van der Waals surface area contributed by atoms with E-state index in [0.717, 1.165) is 35.6 Å². The van der Waals surface area contributed by atoms with Crippen molar-refractivity contribution in [3.8, 4) is 0 Å². The van der Waals surface area contributed by atoms with Gasteiger partial charge in [-0.15, -0.1) is 0 Å². The molecule has 0 radical (unpaired) electrons. The highest BCUT2D eigenvalue weighted by molar-refractivity contribution is 14.1. The molecule has 2 aliphatic heterocycles. The quantitative estimate of drug-likeness (QED) is 0.218. The van der Waals surface area contributed by atoms with Gasteiger partial charge in [0, 0.05) is 55.6 Å². The Hall–Kier alpha value is -1.78. The van der Waals surface area contributed by atoms with Crippen LogP contribution >= 0.6 is 34.2 Å². The lowest BCUT2D eigenvalue weighted by Crippen LogP contribution is -2.44. The molecular weight excluding hydrogens is 635 g/mol. The topological polar surface area (TPSA) is 52.7 Å². The van der Waals surface area contributed by atoms with Crippen molar-refractivity contribution >= 4 is 46.0 Å². The normalized spacial score (nSPS) is 21.7. The molecule has 0 saturated carbocycles. The molecule has 212 valence electrons. The van der Waals surface area contributed by atoms with Crippen LogP contribution in [0.5, 0.6) is 0 Å². The van der Waals surface area contributed by atoms with E-state index < -0.39 is 17.6 Å². The van der Waals surface area contributed by atoms with Crippen LogP contribution in [0.3, 0.4) is 0 Å². The van der Waals surface area contributed by atoms with Gasteiger partial charge in [0.25, 0.3) is 0 Å². The molecule has 2 aromatic rings. The number of hydrogen-bond acceptors (Lipinski definition) is 3. The summed E-state index contributed by atoms with van der Waals surface area (Å²) >= 11 is 8.75. The standard InChI is InChI=1S/C30H37ClF2IN3O2/c1-17-12-23(28(34)35-18(2)38)22(14-26(17)31)19-8-10-36(11-9-19)29(39)25-16-37(30(3,4)5)15-24(25)21-7-6-20(32)13-27(21)33/h6-7,12-14,19,24-25,28H,8-11,15-16H2,1-5H3,(H,35,38)/t24-,25+,28+/m0/s1. The maximum absolute atomic E-state index is 14.9. The lowest BCUT2D eigenvalue weighted by molar-refractivity contribution is -0.136. The highest BCUT2D eigenvalue weighted by Crippen LogP contribution is 2.41. The maximum Gasteiger partial charge on any atom is 0.227 e. The van der Waals surface area contributed by atoms with Gasteiger partial charge >= 0.3 is 0 Å². The molecule has 4 rings (SSSR count). The number of alkyl halides is 1. The Labute approximate surface area is 248 Å². The van der Waals surface area contributed by atoms with Gasteiger partial charge in [0.2, 0.25) is 11.8 Å². The Kier molecular flexibility index (Phi) is 9.28. The van der Waals surface area contributed by atoms with Crippen molar-refractivity contribution in [1.29, 1.82) is 0 Å². The monoisotopic (exact) mass is 671 g/mol. The molecule has 0 bridgehead atoms. The van der Waals surface area contributed by atoms with E-state index >= 15 is 0 Å². The van der Waals surface area contributed by atoms with Crippen molar-refractivity contribution in [3.05, 3.63) is 69.2 Å². The molecule has 3 atom stereocenters. The minimum absolute atomic E-state index is 0.0288. The number of aryl methyl sites for hydroxylation is 1. The maximum atomic E-state index is 14.9. The average Bonchev–Trinajstić information content (AvgIpc) is 3.30. The molecule has 5 nitrogen and oxygen atoms in total. The van der Waals surface area contributed by atoms with Crippen LogP contribution in [0.25, 0.3) is 0 Å². The second-order valence-electron chi connectivity index (χ2n) is 11.8. The zero-order chi connectivity index (χ0) is 28.6. The van der Waals surface area contributed by atoms with E-state index in [1.54, 1.807) is 0 Å². The fraction of sp³-hybridized carbons (Fsp3) is 0.533. The molecule has 2 saturated heterocycles. The Morgan fingerprint density at radius 2 is 1.74 bits per heavy atom. The summed E-state index contributed by atoms with van der Waals surface area (Å²) in [5, 5.41) is 3.67. The largest absolute Gasteiger partial charge is 0.342 e. The minimum atomic E-state index is -0.616. The molecule has 2 aromatic carbocycles. The molecule has 0 unspecified atom stereocenters. The van der Waals surface area contributed by atoms with E-state index in [4.69, 9.17) is 11.6 Å². The Balaban J connectivity index is 1.53. The minimum Gasteiger partial charge on any atom is -0.342 e. The van der Waals surface area contributed by atoms with E-state index in [0.29, 0.717) is 36.8 Å². The van der Waals surface area contributed by atoms with Crippen LogP contribution < -0.4 is 5.32 Å². The van der Waals surface area contributed by atoms with Crippen molar-refractivity contribution in [2.75, 3.05) is 26.2 Å². The summed E-state index contributed by atoms with van der Waals surface area (Å²) in [6.07, 6.45) is 1.54. The number of benzene rings is 2. The van der Waals surface area contributed by atoms with E-state index in [9.17, 15) is 18.4 Å². The summed E-state index contributed by atoms with van der Waals surface area (Å²) in [5.41, 5.74) is 3.33. The van der Waals surface area contributed by atoms with Gasteiger partial charge < -0.3 is 10.2 Å². The highest BCUT2D eigenvalue weighted by Gasteiger charge is 2.44. The summed E-state index contributed by atoms with van der Waals surface area (Å²) < 4.78 is 28.3. The number of carbonyl (C=O) groups is 2. The number of carbonyl (C=O) groups excluding carboxylic acids is 2. The first-order chi connectivity index (χ1) is 18.3. The van der Waals surface area contributed by atoms with Gasteiger partial charge in [-0.05, 0) is 80.8 Å². The van der Waals surface area contributed by atoms with E-state index in [1.165, 1.54) is 19.1 Å². The predicted octanol–water partition coefficient (Wildman–Crippen LogP) is 6.72. The van der Waals surface area contributed by atoms with Crippen LogP contribution in [0, 0.1) is 24.5 Å². The molecule has 2 fully saturated rings. The van der Waals surface area contributed by atoms with Crippen LogP contribution in [0.1, 0.15) is 78.7 Å². The summed E-state index contributed by atoms with van der Waals surface area (Å²) in [6, 6.07) is 7.73. The zero-order valence-electron chi connectivity index (χ0n) is 23.2. The number of piperidine rings is 1. The van der Waals surface area contributed by atoms with Gasteiger partial charge in [0.15, 0.2) is 0 Å². The van der Waals surface area contributed by atoms with Gasteiger partial charge in [-0.25, -0.2) is 8.78 Å². The Morgan fingerprint density at radius 1 is 1.08 bits per heavy atom. The average molecular weight is 672 g/mol. The Morgan fingerprint density at radius 3 is 2.33 bits per heavy atom. The Bertz CT molecular complexity index is 1240. The van der Waals surface area contributed by atoms with Crippen LogP contribution in [0.2, 0.25) is 5.02 Å². The first-order valence-corrected chi connectivity index (χ1v) is 15.1. The second-order valence-corrected chi connectivity index (χ2v) is 13.5. The fourth-order valence-electron chi connectivity index (χ4n) is 5.91. The lowest BCUT2D eigenvalue weighted by Gasteiger charge is -2.36. The molecule has 0 aromatic heterocycles. The van der Waals surface area contributed by atoms with Crippen molar-refractivity contribution < 1.29 is 18.4 Å². The molecule has 39 heavy (non-hydrogen) atoms. The third-order valence-electron chi connectivity index (χ3n) is 8.16. The number of likely N-dealkylation sites (tertiary alicyclic amines) is 2. The summed E-state index contributed by atoms with van der Waals surface area (Å²) in [6.45, 7) is 12.0. The smallest absolute Gasteiger partial charge is 0.227 e. The third-order valence-corrected chi connectivity index (χ3v) is 9.55. The van der Waals surface area contributed by atoms with E-state index in [-0.39, 0.29) is 33.2 Å². The van der Waals surface area contributed by atoms with Crippen LogP contribution in [-0.4, -0.2) is 53.3 Å². The van der Waals surface area contributed by atoms with Crippen LogP contribution in [0.4, 0.5) is 8.78 Å². The number of hydrogen-bond donors (Lipinski definition) is 1. The van der Waals surface area contributed by atoms with Crippen molar-refractivity contribution in [2.45, 2.75) is 68.9 Å². The summed E-state index contributed by atoms with van der Waals surface area (Å²) in [4.78, 5) is 29.8. The number of rotatable bonds is 5. The van der Waals surface area contributed by atoms with Gasteiger partial charge in [0.1, 0.15) is 15.7 Å². The molecule has 9 heteroatoms. The third kappa shape index (κ3) is 6.76. The first kappa shape index (κ1) is 30.2. The van der Waals surface area contributed by atoms with Gasteiger partial charge in [0.05, 0.1) is 5.92 Å². The predicted molar refractivity (Wildman–Crippen MR) is 159 cm³/mol. The van der Waals surface area contributed by atoms with Crippen molar-refractivity contribution in [3.63, 3.8) is 0 Å². The van der Waals surface area contributed by atoms with E-state index in [1.807, 2.05) is 24.0 Å². The lowest BCUT2D eigenvalue weighted by atomic mass is 9.84. The fourth-order valence-corrected chi connectivity index (χ4v) is 7.06. The first-order valence-electron chi connectivity index (χ1n) is 13.5. The molecule has 2 aliphatic rings. The molecule has 0 spiro atoms. The molecule has 2 heterocycles.